The zero-order valence-electron chi connectivity index (χ0n) is 16.5. The van der Waals surface area contributed by atoms with Crippen LogP contribution in [0.2, 0.25) is 0 Å². The number of hydrogen-bond acceptors (Lipinski definition) is 5. The third-order valence-electron chi connectivity index (χ3n) is 4.57. The minimum atomic E-state index is -2.08. The van der Waals surface area contributed by atoms with Crippen molar-refractivity contribution in [3.05, 3.63) is 0 Å². The number of carbonyl (C=O) groups excluding carboxylic acids is 3. The van der Waals surface area contributed by atoms with Crippen LogP contribution in [0.25, 0.3) is 0 Å². The molecule has 1 rings (SSSR count). The van der Waals surface area contributed by atoms with Crippen molar-refractivity contribution in [2.75, 3.05) is 6.54 Å². The van der Waals surface area contributed by atoms with Gasteiger partial charge in [0.05, 0.1) is 6.54 Å². The van der Waals surface area contributed by atoms with Gasteiger partial charge in [0.15, 0.2) is 0 Å². The van der Waals surface area contributed by atoms with Crippen molar-refractivity contribution < 1.29 is 24.7 Å². The molecule has 0 bridgehead atoms. The Labute approximate surface area is 155 Å². The van der Waals surface area contributed by atoms with E-state index in [-0.39, 0.29) is 31.3 Å². The van der Waals surface area contributed by atoms with Crippen LogP contribution in [0.15, 0.2) is 0 Å². The zero-order chi connectivity index (χ0) is 20.1. The Bertz CT molecular complexity index is 525. The van der Waals surface area contributed by atoms with E-state index >= 15 is 0 Å². The summed E-state index contributed by atoms with van der Waals surface area (Å²) in [6.07, 6.45) is 2.30. The van der Waals surface area contributed by atoms with Crippen LogP contribution in [-0.4, -0.2) is 51.4 Å². The van der Waals surface area contributed by atoms with Crippen LogP contribution in [0, 0.1) is 11.3 Å². The molecule has 0 unspecified atom stereocenters. The summed E-state index contributed by atoms with van der Waals surface area (Å²) in [6.45, 7) is 8.83. The predicted molar refractivity (Wildman–Crippen MR) is 95.9 cm³/mol. The second-order valence-electron chi connectivity index (χ2n) is 8.48. The molecule has 150 valence electrons. The van der Waals surface area contributed by atoms with Crippen molar-refractivity contribution in [3.8, 4) is 0 Å². The highest BCUT2D eigenvalue weighted by molar-refractivity contribution is 5.92. The van der Waals surface area contributed by atoms with Crippen LogP contribution >= 0.6 is 0 Å². The van der Waals surface area contributed by atoms with Crippen molar-refractivity contribution >= 4 is 17.7 Å². The highest BCUT2D eigenvalue weighted by Gasteiger charge is 2.49. The highest BCUT2D eigenvalue weighted by Crippen LogP contribution is 2.30. The summed E-state index contributed by atoms with van der Waals surface area (Å²) in [5.41, 5.74) is -3.03. The molecule has 3 amide bonds. The number of carbonyl (C=O) groups is 3. The van der Waals surface area contributed by atoms with Crippen molar-refractivity contribution in [2.45, 2.75) is 78.5 Å². The summed E-state index contributed by atoms with van der Waals surface area (Å²) in [7, 11) is 0. The molecule has 0 radical (unpaired) electrons. The Kier molecular flexibility index (Phi) is 7.58. The van der Waals surface area contributed by atoms with Crippen LogP contribution in [-0.2, 0) is 14.4 Å². The maximum Gasteiger partial charge on any atom is 0.273 e. The van der Waals surface area contributed by atoms with Crippen LogP contribution < -0.4 is 10.6 Å². The Hall–Kier alpha value is -1.67. The summed E-state index contributed by atoms with van der Waals surface area (Å²) in [5.74, 6) is -1.75. The van der Waals surface area contributed by atoms with Crippen molar-refractivity contribution in [1.82, 2.24) is 15.7 Å². The summed E-state index contributed by atoms with van der Waals surface area (Å²) in [6, 6.07) is 0.0221. The molecule has 0 saturated heterocycles. The Balaban J connectivity index is 2.65. The van der Waals surface area contributed by atoms with Gasteiger partial charge in [-0.05, 0) is 25.2 Å². The van der Waals surface area contributed by atoms with Gasteiger partial charge in [0.1, 0.15) is 0 Å². The second kappa shape index (κ2) is 8.81. The van der Waals surface area contributed by atoms with E-state index in [2.05, 4.69) is 10.6 Å². The molecular formula is C18H33N3O5. The number of hydroxylamine groups is 2. The van der Waals surface area contributed by atoms with Gasteiger partial charge in [-0.1, -0.05) is 34.6 Å². The highest BCUT2D eigenvalue weighted by atomic mass is 16.5. The van der Waals surface area contributed by atoms with Gasteiger partial charge in [0.25, 0.3) is 5.91 Å². The number of amides is 3. The van der Waals surface area contributed by atoms with Crippen LogP contribution in [0.3, 0.4) is 0 Å². The van der Waals surface area contributed by atoms with Crippen molar-refractivity contribution in [1.29, 1.82) is 0 Å². The third-order valence-corrected chi connectivity index (χ3v) is 4.57. The molecule has 1 saturated carbocycles. The Morgan fingerprint density at radius 3 is 2.15 bits per heavy atom. The molecule has 4 N–H and O–H groups in total. The molecule has 0 aromatic rings. The molecule has 8 heteroatoms. The molecule has 1 aliphatic carbocycles. The van der Waals surface area contributed by atoms with E-state index in [1.165, 1.54) is 0 Å². The normalized spacial score (nSPS) is 17.2. The van der Waals surface area contributed by atoms with Gasteiger partial charge in [-0.2, -0.15) is 0 Å². The molecule has 1 aliphatic rings. The van der Waals surface area contributed by atoms with E-state index in [4.69, 9.17) is 0 Å². The molecule has 8 nitrogen and oxygen atoms in total. The standard InChI is InChI=1S/C18H33N3O5/c1-12(2)11-21(26)15(23)10-9-14(22)20-18(25,17(3,4)5)16(24)19-13-7-6-8-13/h12-13,25-26H,6-11H2,1-5H3,(H,19,24)(H,20,22)/t18-/m1/s1. The Morgan fingerprint density at radius 2 is 1.73 bits per heavy atom. The van der Waals surface area contributed by atoms with Gasteiger partial charge in [-0.25, -0.2) is 5.06 Å². The van der Waals surface area contributed by atoms with Crippen molar-refractivity contribution in [2.24, 2.45) is 11.3 Å². The molecular weight excluding hydrogens is 338 g/mol. The number of nitrogens with zero attached hydrogens (tertiary/aromatic N) is 1. The average Bonchev–Trinajstić information content (AvgIpc) is 2.46. The molecule has 0 aromatic heterocycles. The predicted octanol–water partition coefficient (Wildman–Crippen LogP) is 1.16. The summed E-state index contributed by atoms with van der Waals surface area (Å²) >= 11 is 0. The molecule has 1 atom stereocenters. The summed E-state index contributed by atoms with van der Waals surface area (Å²) in [4.78, 5) is 36.6. The lowest BCUT2D eigenvalue weighted by Crippen LogP contribution is -2.67. The lowest BCUT2D eigenvalue weighted by Gasteiger charge is -2.41. The first kappa shape index (κ1) is 22.4. The quantitative estimate of drug-likeness (QED) is 0.290. The van der Waals surface area contributed by atoms with Gasteiger partial charge in [-0.15, -0.1) is 0 Å². The van der Waals surface area contributed by atoms with Gasteiger partial charge >= 0.3 is 0 Å². The van der Waals surface area contributed by atoms with E-state index in [1.54, 1.807) is 20.8 Å². The van der Waals surface area contributed by atoms with E-state index in [0.29, 0.717) is 5.06 Å². The molecule has 0 aromatic carbocycles. The molecule has 0 aliphatic heterocycles. The lowest BCUT2D eigenvalue weighted by molar-refractivity contribution is -0.169. The number of aliphatic hydroxyl groups is 1. The van der Waals surface area contributed by atoms with E-state index in [9.17, 15) is 24.7 Å². The molecule has 0 spiro atoms. The first-order valence-electron chi connectivity index (χ1n) is 9.20. The van der Waals surface area contributed by atoms with E-state index in [1.807, 2.05) is 13.8 Å². The van der Waals surface area contributed by atoms with Gasteiger partial charge < -0.3 is 15.7 Å². The Morgan fingerprint density at radius 1 is 1.15 bits per heavy atom. The minimum absolute atomic E-state index is 0.0221. The smallest absolute Gasteiger partial charge is 0.273 e. The maximum atomic E-state index is 12.5. The topological polar surface area (TPSA) is 119 Å². The summed E-state index contributed by atoms with van der Waals surface area (Å²) in [5, 5.41) is 26.2. The first-order valence-corrected chi connectivity index (χ1v) is 9.20. The second-order valence-corrected chi connectivity index (χ2v) is 8.48. The molecule has 0 heterocycles. The van der Waals surface area contributed by atoms with Gasteiger partial charge in [0.2, 0.25) is 17.5 Å². The summed E-state index contributed by atoms with van der Waals surface area (Å²) < 4.78 is 0. The van der Waals surface area contributed by atoms with Crippen LogP contribution in [0.4, 0.5) is 0 Å². The molecule has 1 fully saturated rings. The fraction of sp³-hybridized carbons (Fsp3) is 0.833. The third kappa shape index (κ3) is 5.95. The minimum Gasteiger partial charge on any atom is -0.363 e. The average molecular weight is 371 g/mol. The van der Waals surface area contributed by atoms with E-state index < -0.39 is 28.9 Å². The molecule has 26 heavy (non-hydrogen) atoms. The maximum absolute atomic E-state index is 12.5. The fourth-order valence-electron chi connectivity index (χ4n) is 2.49. The largest absolute Gasteiger partial charge is 0.363 e. The van der Waals surface area contributed by atoms with Gasteiger partial charge in [-0.3, -0.25) is 19.6 Å². The number of nitrogens with one attached hydrogen (secondary N) is 2. The van der Waals surface area contributed by atoms with Crippen LogP contribution in [0.5, 0.6) is 0 Å². The first-order chi connectivity index (χ1) is 11.9. The van der Waals surface area contributed by atoms with E-state index in [0.717, 1.165) is 19.3 Å². The van der Waals surface area contributed by atoms with Gasteiger partial charge in [0, 0.05) is 24.3 Å². The lowest BCUT2D eigenvalue weighted by atomic mass is 9.81. The monoisotopic (exact) mass is 371 g/mol. The number of hydrogen-bond donors (Lipinski definition) is 4. The van der Waals surface area contributed by atoms with Crippen molar-refractivity contribution in [3.63, 3.8) is 0 Å². The van der Waals surface area contributed by atoms with Crippen LogP contribution in [0.1, 0.15) is 66.7 Å². The number of rotatable bonds is 8. The zero-order valence-corrected chi connectivity index (χ0v) is 16.5. The fourth-order valence-corrected chi connectivity index (χ4v) is 2.49. The SMILES string of the molecule is CC(C)CN(O)C(=O)CCC(=O)N[C@@](O)(C(=O)NC1CCC1)C(C)(C)C.